The van der Waals surface area contributed by atoms with Crippen molar-refractivity contribution in [3.63, 3.8) is 0 Å². The molecule has 0 aromatic heterocycles. The first kappa shape index (κ1) is 18.9. The van der Waals surface area contributed by atoms with Gasteiger partial charge in [-0.1, -0.05) is 32.1 Å². The fourth-order valence-corrected chi connectivity index (χ4v) is 1.84. The minimum Gasteiger partial charge on any atom is -0.376 e. The molecule has 0 radical (unpaired) electrons. The molecule has 19 heavy (non-hydrogen) atoms. The lowest BCUT2D eigenvalue weighted by atomic mass is 10.1. The molecule has 0 aromatic carbocycles. The van der Waals surface area contributed by atoms with Crippen molar-refractivity contribution in [2.45, 2.75) is 97.7 Å². The van der Waals surface area contributed by atoms with Crippen molar-refractivity contribution < 1.29 is 9.47 Å². The molecule has 0 aliphatic rings. The quantitative estimate of drug-likeness (QED) is 0.499. The molecule has 0 bridgehead atoms. The van der Waals surface area contributed by atoms with Gasteiger partial charge in [0.05, 0.1) is 11.2 Å². The van der Waals surface area contributed by atoms with Gasteiger partial charge < -0.3 is 9.47 Å². The fourth-order valence-electron chi connectivity index (χ4n) is 1.84. The van der Waals surface area contributed by atoms with Gasteiger partial charge in [-0.05, 0) is 54.4 Å². The summed E-state index contributed by atoms with van der Waals surface area (Å²) in [6.45, 7) is 14.5. The van der Waals surface area contributed by atoms with Crippen molar-refractivity contribution in [1.82, 2.24) is 0 Å². The molecule has 0 heterocycles. The Balaban J connectivity index is 3.12. The van der Waals surface area contributed by atoms with E-state index in [1.807, 2.05) is 0 Å². The number of unbranched alkanes of at least 4 members (excludes halogenated alkanes) is 6. The Morgan fingerprint density at radius 3 is 1.00 bits per heavy atom. The zero-order chi connectivity index (χ0) is 14.8. The van der Waals surface area contributed by atoms with Crippen molar-refractivity contribution >= 4 is 0 Å². The summed E-state index contributed by atoms with van der Waals surface area (Å²) in [5, 5.41) is 0. The van der Waals surface area contributed by atoms with Crippen LogP contribution in [0.1, 0.15) is 86.5 Å². The molecule has 116 valence electrons. The SMILES string of the molecule is CC(C)(C)OCCCCCCCCCOC(C)(C)C. The lowest BCUT2D eigenvalue weighted by Crippen LogP contribution is -2.19. The van der Waals surface area contributed by atoms with E-state index >= 15 is 0 Å². The van der Waals surface area contributed by atoms with E-state index in [1.54, 1.807) is 0 Å². The van der Waals surface area contributed by atoms with Gasteiger partial charge in [-0.15, -0.1) is 0 Å². The first-order valence-electron chi connectivity index (χ1n) is 7.99. The molecule has 2 nitrogen and oxygen atoms in total. The van der Waals surface area contributed by atoms with Crippen LogP contribution in [0, 0.1) is 0 Å². The number of hydrogen-bond acceptors (Lipinski definition) is 2. The number of hydrogen-bond donors (Lipinski definition) is 0. The molecule has 0 aromatic rings. The summed E-state index contributed by atoms with van der Waals surface area (Å²) in [5.74, 6) is 0. The van der Waals surface area contributed by atoms with E-state index in [-0.39, 0.29) is 11.2 Å². The predicted molar refractivity (Wildman–Crippen MR) is 83.7 cm³/mol. The Morgan fingerprint density at radius 2 is 0.737 bits per heavy atom. The van der Waals surface area contributed by atoms with Gasteiger partial charge >= 0.3 is 0 Å². The van der Waals surface area contributed by atoms with E-state index in [0.717, 1.165) is 13.2 Å². The Labute approximate surface area is 121 Å². The topological polar surface area (TPSA) is 18.5 Å². The maximum Gasteiger partial charge on any atom is 0.0598 e. The maximum atomic E-state index is 5.70. The second kappa shape index (κ2) is 9.77. The van der Waals surface area contributed by atoms with Crippen LogP contribution in [0.25, 0.3) is 0 Å². The molecule has 0 spiro atoms. The minimum absolute atomic E-state index is 0.0209. The molecule has 0 N–H and O–H groups in total. The molecule has 0 amide bonds. The van der Waals surface area contributed by atoms with Crippen molar-refractivity contribution in [3.05, 3.63) is 0 Å². The van der Waals surface area contributed by atoms with Crippen LogP contribution in [0.2, 0.25) is 0 Å². The summed E-state index contributed by atoms with van der Waals surface area (Å²) >= 11 is 0. The third-order valence-corrected chi connectivity index (χ3v) is 2.86. The molecule has 0 atom stereocenters. The van der Waals surface area contributed by atoms with Crippen LogP contribution in [0.4, 0.5) is 0 Å². The normalized spacial score (nSPS) is 12.9. The van der Waals surface area contributed by atoms with Gasteiger partial charge in [0.2, 0.25) is 0 Å². The van der Waals surface area contributed by atoms with E-state index in [1.165, 1.54) is 44.9 Å². The Kier molecular flexibility index (Phi) is 9.72. The molecule has 0 saturated carbocycles. The van der Waals surface area contributed by atoms with Crippen LogP contribution in [-0.2, 0) is 9.47 Å². The summed E-state index contributed by atoms with van der Waals surface area (Å²) in [7, 11) is 0. The van der Waals surface area contributed by atoms with E-state index in [4.69, 9.17) is 9.47 Å². The molecular weight excluding hydrogens is 236 g/mol. The van der Waals surface area contributed by atoms with Gasteiger partial charge in [0.1, 0.15) is 0 Å². The van der Waals surface area contributed by atoms with Crippen LogP contribution in [-0.4, -0.2) is 24.4 Å². The average Bonchev–Trinajstić information content (AvgIpc) is 2.22. The maximum absolute atomic E-state index is 5.70. The Morgan fingerprint density at radius 1 is 0.474 bits per heavy atom. The Bertz CT molecular complexity index is 176. The van der Waals surface area contributed by atoms with Gasteiger partial charge in [-0.25, -0.2) is 0 Å². The lowest BCUT2D eigenvalue weighted by Gasteiger charge is -2.19. The minimum atomic E-state index is 0.0209. The molecule has 0 saturated heterocycles. The molecule has 0 aliphatic carbocycles. The summed E-state index contributed by atoms with van der Waals surface area (Å²) in [5.41, 5.74) is 0.0418. The Hall–Kier alpha value is -0.0800. The zero-order valence-corrected chi connectivity index (χ0v) is 14.2. The van der Waals surface area contributed by atoms with Crippen LogP contribution >= 0.6 is 0 Å². The second-order valence-electron chi connectivity index (χ2n) is 7.40. The second-order valence-corrected chi connectivity index (χ2v) is 7.40. The van der Waals surface area contributed by atoms with E-state index in [0.29, 0.717) is 0 Å². The molecule has 0 unspecified atom stereocenters. The van der Waals surface area contributed by atoms with Crippen LogP contribution in [0.3, 0.4) is 0 Å². The highest BCUT2D eigenvalue weighted by Gasteiger charge is 2.09. The van der Waals surface area contributed by atoms with Crippen LogP contribution in [0.15, 0.2) is 0 Å². The summed E-state index contributed by atoms with van der Waals surface area (Å²) in [6, 6.07) is 0. The van der Waals surface area contributed by atoms with Crippen molar-refractivity contribution in [2.24, 2.45) is 0 Å². The highest BCUT2D eigenvalue weighted by molar-refractivity contribution is 4.59. The average molecular weight is 272 g/mol. The fraction of sp³-hybridized carbons (Fsp3) is 1.00. The highest BCUT2D eigenvalue weighted by Crippen LogP contribution is 2.12. The van der Waals surface area contributed by atoms with Crippen molar-refractivity contribution in [2.75, 3.05) is 13.2 Å². The van der Waals surface area contributed by atoms with Gasteiger partial charge in [-0.3, -0.25) is 0 Å². The van der Waals surface area contributed by atoms with Crippen LogP contribution < -0.4 is 0 Å². The molecule has 2 heteroatoms. The van der Waals surface area contributed by atoms with Crippen molar-refractivity contribution in [1.29, 1.82) is 0 Å². The highest BCUT2D eigenvalue weighted by atomic mass is 16.5. The van der Waals surface area contributed by atoms with E-state index < -0.39 is 0 Å². The summed E-state index contributed by atoms with van der Waals surface area (Å²) in [6.07, 6.45) is 9.03. The monoisotopic (exact) mass is 272 g/mol. The summed E-state index contributed by atoms with van der Waals surface area (Å²) in [4.78, 5) is 0. The van der Waals surface area contributed by atoms with Gasteiger partial charge in [0.15, 0.2) is 0 Å². The molecule has 0 fully saturated rings. The van der Waals surface area contributed by atoms with Gasteiger partial charge in [0.25, 0.3) is 0 Å². The smallest absolute Gasteiger partial charge is 0.0598 e. The zero-order valence-electron chi connectivity index (χ0n) is 14.2. The summed E-state index contributed by atoms with van der Waals surface area (Å²) < 4.78 is 11.4. The van der Waals surface area contributed by atoms with Crippen molar-refractivity contribution in [3.8, 4) is 0 Å². The third kappa shape index (κ3) is 17.9. The number of ether oxygens (including phenoxy) is 2. The molecule has 0 rings (SSSR count). The van der Waals surface area contributed by atoms with E-state index in [9.17, 15) is 0 Å². The van der Waals surface area contributed by atoms with Crippen LogP contribution in [0.5, 0.6) is 0 Å². The third-order valence-electron chi connectivity index (χ3n) is 2.86. The largest absolute Gasteiger partial charge is 0.376 e. The lowest BCUT2D eigenvalue weighted by molar-refractivity contribution is -0.00496. The standard InChI is InChI=1S/C17H36O2/c1-16(2,3)18-14-12-10-8-7-9-11-13-15-19-17(4,5)6/h7-15H2,1-6H3. The van der Waals surface area contributed by atoms with Gasteiger partial charge in [0, 0.05) is 13.2 Å². The predicted octanol–water partition coefficient (Wildman–Crippen LogP) is 5.35. The first-order valence-corrected chi connectivity index (χ1v) is 7.99. The number of rotatable bonds is 10. The van der Waals surface area contributed by atoms with E-state index in [2.05, 4.69) is 41.5 Å². The van der Waals surface area contributed by atoms with Gasteiger partial charge in [-0.2, -0.15) is 0 Å². The first-order chi connectivity index (χ1) is 8.71. The molecule has 0 aliphatic heterocycles. The molecular formula is C17H36O2.